The third-order valence-corrected chi connectivity index (χ3v) is 3.73. The fourth-order valence-corrected chi connectivity index (χ4v) is 2.56. The van der Waals surface area contributed by atoms with E-state index in [9.17, 15) is 5.11 Å². The maximum Gasteiger partial charge on any atom is 0.0851 e. The van der Waals surface area contributed by atoms with Gasteiger partial charge in [-0.3, -0.25) is 4.98 Å². The summed E-state index contributed by atoms with van der Waals surface area (Å²) in [6.07, 6.45) is 3.68. The largest absolute Gasteiger partial charge is 0.388 e. The second-order valence-electron chi connectivity index (χ2n) is 5.10. The zero-order valence-corrected chi connectivity index (χ0v) is 11.5. The lowest BCUT2D eigenvalue weighted by atomic mass is 9.96. The molecule has 1 unspecified atom stereocenters. The minimum absolute atomic E-state index is 0.533. The minimum atomic E-state index is -0.533. The Morgan fingerprint density at radius 2 is 1.75 bits per heavy atom. The molecule has 0 fully saturated rings. The van der Waals surface area contributed by atoms with Gasteiger partial charge in [0, 0.05) is 29.8 Å². The van der Waals surface area contributed by atoms with Gasteiger partial charge in [0.1, 0.15) is 0 Å². The lowest BCUT2D eigenvalue weighted by Crippen LogP contribution is -2.04. The summed E-state index contributed by atoms with van der Waals surface area (Å²) in [4.78, 5) is 4.24. The van der Waals surface area contributed by atoms with Crippen molar-refractivity contribution in [2.24, 2.45) is 0 Å². The number of aliphatic hydroxyl groups excluding tert-OH is 1. The molecule has 1 heterocycles. The van der Waals surface area contributed by atoms with E-state index >= 15 is 0 Å². The summed E-state index contributed by atoms with van der Waals surface area (Å²) >= 11 is 0. The van der Waals surface area contributed by atoms with E-state index in [1.807, 2.05) is 42.6 Å². The molecule has 0 aliphatic carbocycles. The summed E-state index contributed by atoms with van der Waals surface area (Å²) in [5, 5.41) is 12.7. The van der Waals surface area contributed by atoms with E-state index in [4.69, 9.17) is 0 Å². The molecule has 0 saturated heterocycles. The van der Waals surface area contributed by atoms with Crippen molar-refractivity contribution < 1.29 is 5.11 Å². The van der Waals surface area contributed by atoms with Crippen LogP contribution in [0.15, 0.2) is 60.9 Å². The van der Waals surface area contributed by atoms with Crippen LogP contribution >= 0.6 is 0 Å². The van der Waals surface area contributed by atoms with Crippen LogP contribution in [0.2, 0.25) is 0 Å². The van der Waals surface area contributed by atoms with Crippen LogP contribution in [0.5, 0.6) is 0 Å². The molecule has 100 valence electrons. The van der Waals surface area contributed by atoms with E-state index in [0.29, 0.717) is 6.42 Å². The first-order chi connectivity index (χ1) is 9.75. The van der Waals surface area contributed by atoms with Crippen LogP contribution in [0.25, 0.3) is 10.8 Å². The number of aryl methyl sites for hydroxylation is 1. The molecular weight excluding hydrogens is 246 g/mol. The molecule has 3 rings (SSSR count). The van der Waals surface area contributed by atoms with Crippen molar-refractivity contribution in [3.05, 3.63) is 77.6 Å². The Morgan fingerprint density at radius 1 is 1.00 bits per heavy atom. The molecule has 0 bridgehead atoms. The SMILES string of the molecule is Cc1ccccc1CC(O)c1cncc2ccccc12. The number of rotatable bonds is 3. The normalized spacial score (nSPS) is 12.5. The lowest BCUT2D eigenvalue weighted by Gasteiger charge is -2.14. The Kier molecular flexibility index (Phi) is 3.48. The number of benzene rings is 2. The highest BCUT2D eigenvalue weighted by atomic mass is 16.3. The highest BCUT2D eigenvalue weighted by Gasteiger charge is 2.13. The van der Waals surface area contributed by atoms with Crippen molar-refractivity contribution >= 4 is 10.8 Å². The van der Waals surface area contributed by atoms with E-state index in [1.165, 1.54) is 11.1 Å². The van der Waals surface area contributed by atoms with Crippen molar-refractivity contribution in [1.82, 2.24) is 4.98 Å². The molecule has 0 spiro atoms. The average molecular weight is 263 g/mol. The monoisotopic (exact) mass is 263 g/mol. The Bertz CT molecular complexity index is 731. The summed E-state index contributed by atoms with van der Waals surface area (Å²) in [6, 6.07) is 16.2. The van der Waals surface area contributed by atoms with Gasteiger partial charge in [0.05, 0.1) is 6.10 Å². The van der Waals surface area contributed by atoms with Crippen molar-refractivity contribution in [1.29, 1.82) is 0 Å². The molecule has 1 N–H and O–H groups in total. The van der Waals surface area contributed by atoms with Crippen LogP contribution in [0.3, 0.4) is 0 Å². The van der Waals surface area contributed by atoms with Crippen molar-refractivity contribution in [2.75, 3.05) is 0 Å². The van der Waals surface area contributed by atoms with E-state index in [1.54, 1.807) is 6.20 Å². The van der Waals surface area contributed by atoms with Gasteiger partial charge in [-0.25, -0.2) is 0 Å². The molecule has 2 heteroatoms. The topological polar surface area (TPSA) is 33.1 Å². The van der Waals surface area contributed by atoms with E-state index in [0.717, 1.165) is 16.3 Å². The van der Waals surface area contributed by atoms with Crippen molar-refractivity contribution in [3.63, 3.8) is 0 Å². The maximum atomic E-state index is 10.6. The molecule has 2 aromatic carbocycles. The lowest BCUT2D eigenvalue weighted by molar-refractivity contribution is 0.179. The number of pyridine rings is 1. The Hall–Kier alpha value is -2.19. The van der Waals surface area contributed by atoms with Crippen molar-refractivity contribution in [2.45, 2.75) is 19.4 Å². The molecular formula is C18H17NO. The van der Waals surface area contributed by atoms with Gasteiger partial charge in [0.25, 0.3) is 0 Å². The van der Waals surface area contributed by atoms with E-state index in [2.05, 4.69) is 24.0 Å². The first-order valence-corrected chi connectivity index (χ1v) is 6.81. The van der Waals surface area contributed by atoms with Crippen molar-refractivity contribution in [3.8, 4) is 0 Å². The maximum absolute atomic E-state index is 10.6. The molecule has 20 heavy (non-hydrogen) atoms. The predicted molar refractivity (Wildman–Crippen MR) is 81.6 cm³/mol. The Morgan fingerprint density at radius 3 is 2.60 bits per heavy atom. The number of hydrogen-bond donors (Lipinski definition) is 1. The highest BCUT2D eigenvalue weighted by molar-refractivity contribution is 5.84. The third kappa shape index (κ3) is 2.43. The standard InChI is InChI=1S/C18H17NO/c1-13-6-2-3-7-14(13)10-18(20)17-12-19-11-15-8-4-5-9-16(15)17/h2-9,11-12,18,20H,10H2,1H3. The molecule has 0 radical (unpaired) electrons. The fourth-order valence-electron chi connectivity index (χ4n) is 2.56. The molecule has 2 nitrogen and oxygen atoms in total. The quantitative estimate of drug-likeness (QED) is 0.779. The van der Waals surface area contributed by atoms with Gasteiger partial charge in [-0.15, -0.1) is 0 Å². The third-order valence-electron chi connectivity index (χ3n) is 3.73. The van der Waals surface area contributed by atoms with Gasteiger partial charge in [0.2, 0.25) is 0 Å². The number of nitrogens with zero attached hydrogens (tertiary/aromatic N) is 1. The molecule has 0 aliphatic heterocycles. The molecule has 0 aliphatic rings. The van der Waals surface area contributed by atoms with Crippen LogP contribution in [-0.2, 0) is 6.42 Å². The Labute approximate surface area is 118 Å². The molecule has 3 aromatic rings. The first-order valence-electron chi connectivity index (χ1n) is 6.81. The number of aromatic nitrogens is 1. The highest BCUT2D eigenvalue weighted by Crippen LogP contribution is 2.26. The second-order valence-corrected chi connectivity index (χ2v) is 5.10. The van der Waals surface area contributed by atoms with Gasteiger partial charge in [-0.05, 0) is 23.4 Å². The number of fused-ring (bicyclic) bond motifs is 1. The first kappa shape index (κ1) is 12.8. The van der Waals surface area contributed by atoms with Crippen LogP contribution < -0.4 is 0 Å². The average Bonchev–Trinajstić information content (AvgIpc) is 2.49. The van der Waals surface area contributed by atoms with Gasteiger partial charge >= 0.3 is 0 Å². The minimum Gasteiger partial charge on any atom is -0.388 e. The van der Waals surface area contributed by atoms with Crippen LogP contribution in [0.4, 0.5) is 0 Å². The molecule has 1 aromatic heterocycles. The Balaban J connectivity index is 1.97. The summed E-state index contributed by atoms with van der Waals surface area (Å²) < 4.78 is 0. The van der Waals surface area contributed by atoms with Gasteiger partial charge in [-0.1, -0.05) is 48.5 Å². The molecule has 0 amide bonds. The summed E-state index contributed by atoms with van der Waals surface area (Å²) in [6.45, 7) is 2.07. The smallest absolute Gasteiger partial charge is 0.0851 e. The molecule has 0 saturated carbocycles. The second kappa shape index (κ2) is 5.43. The zero-order chi connectivity index (χ0) is 13.9. The summed E-state index contributed by atoms with van der Waals surface area (Å²) in [5.74, 6) is 0. The molecule has 1 atom stereocenters. The van der Waals surface area contributed by atoms with Crippen LogP contribution in [0.1, 0.15) is 22.8 Å². The summed E-state index contributed by atoms with van der Waals surface area (Å²) in [7, 11) is 0. The number of aliphatic hydroxyl groups is 1. The predicted octanol–water partition coefficient (Wildman–Crippen LogP) is 3.82. The van der Waals surface area contributed by atoms with Gasteiger partial charge in [0.15, 0.2) is 0 Å². The van der Waals surface area contributed by atoms with E-state index < -0.39 is 6.10 Å². The van der Waals surface area contributed by atoms with Crippen LogP contribution in [-0.4, -0.2) is 10.1 Å². The van der Waals surface area contributed by atoms with Gasteiger partial charge in [-0.2, -0.15) is 0 Å². The fraction of sp³-hybridized carbons (Fsp3) is 0.167. The number of hydrogen-bond acceptors (Lipinski definition) is 2. The van der Waals surface area contributed by atoms with Gasteiger partial charge < -0.3 is 5.11 Å². The zero-order valence-electron chi connectivity index (χ0n) is 11.5. The van der Waals surface area contributed by atoms with Crippen LogP contribution in [0, 0.1) is 6.92 Å². The summed E-state index contributed by atoms with van der Waals surface area (Å²) in [5.41, 5.74) is 3.28. The van der Waals surface area contributed by atoms with E-state index in [-0.39, 0.29) is 0 Å².